The van der Waals surface area contributed by atoms with Gasteiger partial charge >= 0.3 is 0 Å². The third kappa shape index (κ3) is 3.99. The molecule has 2 aromatic heterocycles. The van der Waals surface area contributed by atoms with Crippen molar-refractivity contribution < 1.29 is 4.79 Å². The second-order valence-electron chi connectivity index (χ2n) is 5.04. The lowest BCUT2D eigenvalue weighted by Crippen LogP contribution is -2.16. The first-order chi connectivity index (χ1) is 11.8. The lowest BCUT2D eigenvalue weighted by atomic mass is 10.2. The van der Waals surface area contributed by atoms with Crippen molar-refractivity contribution in [3.8, 4) is 0 Å². The Kier molecular flexibility index (Phi) is 5.22. The Bertz CT molecular complexity index is 819. The van der Waals surface area contributed by atoms with Crippen molar-refractivity contribution in [1.29, 1.82) is 0 Å². The number of hydrogen-bond donors (Lipinski definition) is 1. The van der Waals surface area contributed by atoms with Crippen molar-refractivity contribution in [2.24, 2.45) is 0 Å². The molecule has 6 nitrogen and oxygen atoms in total. The van der Waals surface area contributed by atoms with Crippen LogP contribution in [0.1, 0.15) is 22.8 Å². The summed E-state index contributed by atoms with van der Waals surface area (Å²) in [6, 6.07) is 13.4. The van der Waals surface area contributed by atoms with Crippen molar-refractivity contribution in [3.63, 3.8) is 0 Å². The number of carbonyl (C=O) groups is 1. The van der Waals surface area contributed by atoms with Crippen molar-refractivity contribution in [2.45, 2.75) is 18.5 Å². The molecule has 122 valence electrons. The Labute approximate surface area is 144 Å². The number of nitrogens with one attached hydrogen (secondary N) is 1. The molecule has 0 bridgehead atoms. The zero-order valence-corrected chi connectivity index (χ0v) is 14.0. The van der Waals surface area contributed by atoms with E-state index in [1.165, 1.54) is 0 Å². The molecule has 0 radical (unpaired) electrons. The van der Waals surface area contributed by atoms with Gasteiger partial charge in [0, 0.05) is 11.8 Å². The summed E-state index contributed by atoms with van der Waals surface area (Å²) in [6.07, 6.45) is 3.25. The molecule has 0 saturated heterocycles. The molecule has 0 fully saturated rings. The van der Waals surface area contributed by atoms with Crippen LogP contribution in [0.4, 0.5) is 5.95 Å². The second-order valence-corrected chi connectivity index (χ2v) is 6.32. The van der Waals surface area contributed by atoms with E-state index in [2.05, 4.69) is 20.5 Å². The molecule has 0 aliphatic carbocycles. The van der Waals surface area contributed by atoms with E-state index in [0.29, 0.717) is 18.1 Å². The average Bonchev–Trinajstić information content (AvgIpc) is 3.03. The van der Waals surface area contributed by atoms with Crippen molar-refractivity contribution in [3.05, 3.63) is 66.1 Å². The minimum Gasteiger partial charge on any atom is -0.295 e. The van der Waals surface area contributed by atoms with Gasteiger partial charge in [-0.15, -0.1) is 22.0 Å². The van der Waals surface area contributed by atoms with Crippen molar-refractivity contribution in [2.75, 3.05) is 11.1 Å². The molecular formula is C17H17N5OS. The van der Waals surface area contributed by atoms with Gasteiger partial charge in [-0.05, 0) is 23.4 Å². The lowest BCUT2D eigenvalue weighted by molar-refractivity contribution is 0.102. The Hall–Kier alpha value is -2.67. The van der Waals surface area contributed by atoms with E-state index in [4.69, 9.17) is 0 Å². The van der Waals surface area contributed by atoms with Crippen molar-refractivity contribution >= 4 is 23.6 Å². The van der Waals surface area contributed by atoms with Gasteiger partial charge in [-0.3, -0.25) is 14.7 Å². The summed E-state index contributed by atoms with van der Waals surface area (Å²) in [4.78, 5) is 16.7. The van der Waals surface area contributed by atoms with Crippen LogP contribution in [0, 0.1) is 0 Å². The average molecular weight is 339 g/mol. The minimum atomic E-state index is -0.224. The molecule has 0 spiro atoms. The normalized spacial score (nSPS) is 10.5. The zero-order chi connectivity index (χ0) is 16.8. The van der Waals surface area contributed by atoms with Gasteiger partial charge in [0.25, 0.3) is 5.91 Å². The van der Waals surface area contributed by atoms with Crippen LogP contribution in [0.2, 0.25) is 0 Å². The fraction of sp³-hybridized carbons (Fsp3) is 0.176. The Morgan fingerprint density at radius 2 is 2.08 bits per heavy atom. The lowest BCUT2D eigenvalue weighted by Gasteiger charge is -2.08. The van der Waals surface area contributed by atoms with E-state index < -0.39 is 0 Å². The Morgan fingerprint density at radius 1 is 1.25 bits per heavy atom. The fourth-order valence-electron chi connectivity index (χ4n) is 2.20. The molecule has 0 unspecified atom stereocenters. The highest BCUT2D eigenvalue weighted by molar-refractivity contribution is 7.99. The monoisotopic (exact) mass is 339 g/mol. The SMILES string of the molecule is CCSc1cc(C(=O)Nc2nncn2Cc2ccccc2)ccn1. The highest BCUT2D eigenvalue weighted by Crippen LogP contribution is 2.16. The number of carbonyl (C=O) groups excluding carboxylic acids is 1. The summed E-state index contributed by atoms with van der Waals surface area (Å²) < 4.78 is 1.80. The third-order valence-electron chi connectivity index (χ3n) is 3.33. The minimum absolute atomic E-state index is 0.224. The first-order valence-electron chi connectivity index (χ1n) is 7.58. The predicted octanol–water partition coefficient (Wildman–Crippen LogP) is 3.09. The fourth-order valence-corrected chi connectivity index (χ4v) is 2.84. The number of nitrogens with zero attached hydrogens (tertiary/aromatic N) is 4. The number of pyridine rings is 1. The maximum Gasteiger partial charge on any atom is 0.258 e. The maximum absolute atomic E-state index is 12.4. The summed E-state index contributed by atoms with van der Waals surface area (Å²) in [7, 11) is 0. The molecule has 3 rings (SSSR count). The molecule has 0 aliphatic heterocycles. The van der Waals surface area contributed by atoms with Gasteiger partial charge in [0.15, 0.2) is 0 Å². The van der Waals surface area contributed by atoms with E-state index in [9.17, 15) is 4.79 Å². The number of aromatic nitrogens is 4. The summed E-state index contributed by atoms with van der Waals surface area (Å²) in [5.41, 5.74) is 1.66. The number of thioether (sulfide) groups is 1. The zero-order valence-electron chi connectivity index (χ0n) is 13.2. The van der Waals surface area contributed by atoms with Crippen LogP contribution in [0.25, 0.3) is 0 Å². The van der Waals surface area contributed by atoms with Gasteiger partial charge in [0.2, 0.25) is 5.95 Å². The predicted molar refractivity (Wildman–Crippen MR) is 94.2 cm³/mol. The molecule has 2 heterocycles. The van der Waals surface area contributed by atoms with Gasteiger partial charge in [-0.25, -0.2) is 4.98 Å². The van der Waals surface area contributed by atoms with Gasteiger partial charge in [0.05, 0.1) is 11.6 Å². The molecular weight excluding hydrogens is 322 g/mol. The van der Waals surface area contributed by atoms with Crippen LogP contribution in [0.3, 0.4) is 0 Å². The first kappa shape index (κ1) is 16.2. The summed E-state index contributed by atoms with van der Waals surface area (Å²) >= 11 is 1.60. The number of anilines is 1. The van der Waals surface area contributed by atoms with Crippen LogP contribution in [0.5, 0.6) is 0 Å². The van der Waals surface area contributed by atoms with Gasteiger partial charge in [0.1, 0.15) is 6.33 Å². The molecule has 3 aromatic rings. The van der Waals surface area contributed by atoms with E-state index in [0.717, 1.165) is 16.3 Å². The molecule has 24 heavy (non-hydrogen) atoms. The third-order valence-corrected chi connectivity index (χ3v) is 4.13. The number of benzene rings is 1. The molecule has 7 heteroatoms. The molecule has 1 amide bonds. The second kappa shape index (κ2) is 7.74. The summed E-state index contributed by atoms with van der Waals surface area (Å²) in [5, 5.41) is 11.5. The standard InChI is InChI=1S/C17H17N5OS/c1-2-24-15-10-14(8-9-18-15)16(23)20-17-21-19-12-22(17)11-13-6-4-3-5-7-13/h3-10,12H,2,11H2,1H3,(H,20,21,23). The van der Waals surface area contributed by atoms with Crippen LogP contribution in [-0.4, -0.2) is 31.4 Å². The quantitative estimate of drug-likeness (QED) is 0.699. The Balaban J connectivity index is 1.73. The van der Waals surface area contributed by atoms with E-state index in [1.807, 2.05) is 37.3 Å². The number of rotatable bonds is 6. The number of amides is 1. The largest absolute Gasteiger partial charge is 0.295 e. The van der Waals surface area contributed by atoms with Gasteiger partial charge in [-0.2, -0.15) is 0 Å². The van der Waals surface area contributed by atoms with Crippen LogP contribution < -0.4 is 5.32 Å². The van der Waals surface area contributed by atoms with E-state index >= 15 is 0 Å². The summed E-state index contributed by atoms with van der Waals surface area (Å²) in [5.74, 6) is 1.10. The molecule has 1 N–H and O–H groups in total. The van der Waals surface area contributed by atoms with Crippen molar-refractivity contribution in [1.82, 2.24) is 19.7 Å². The van der Waals surface area contributed by atoms with Gasteiger partial charge in [-0.1, -0.05) is 37.3 Å². The van der Waals surface area contributed by atoms with Crippen LogP contribution in [0.15, 0.2) is 60.0 Å². The highest BCUT2D eigenvalue weighted by Gasteiger charge is 2.12. The maximum atomic E-state index is 12.4. The van der Waals surface area contributed by atoms with Crippen LogP contribution >= 0.6 is 11.8 Å². The molecule has 0 atom stereocenters. The molecule has 1 aromatic carbocycles. The molecule has 0 saturated carbocycles. The van der Waals surface area contributed by atoms with E-state index in [-0.39, 0.29) is 5.91 Å². The smallest absolute Gasteiger partial charge is 0.258 e. The van der Waals surface area contributed by atoms with E-state index in [1.54, 1.807) is 41.0 Å². The van der Waals surface area contributed by atoms with Crippen LogP contribution in [-0.2, 0) is 6.54 Å². The van der Waals surface area contributed by atoms with Gasteiger partial charge < -0.3 is 0 Å². The number of hydrogen-bond acceptors (Lipinski definition) is 5. The Morgan fingerprint density at radius 3 is 2.88 bits per heavy atom. The highest BCUT2D eigenvalue weighted by atomic mass is 32.2. The summed E-state index contributed by atoms with van der Waals surface area (Å²) in [6.45, 7) is 2.64. The topological polar surface area (TPSA) is 72.7 Å². The first-order valence-corrected chi connectivity index (χ1v) is 8.56. The molecule has 0 aliphatic rings.